The maximum Gasteiger partial charge on any atom is 0.0791 e. The standard InChI is InChI=1S/C15H22O3/c1-17-11-12-4-2-5-13(10-12)15(16)8-7-14-6-3-9-18-14/h2,4-5,10,14-16H,3,6-9,11H2,1H3. The molecule has 1 aromatic rings. The molecule has 1 aliphatic rings. The van der Waals surface area contributed by atoms with Gasteiger partial charge in [0.25, 0.3) is 0 Å². The van der Waals surface area contributed by atoms with Crippen molar-refractivity contribution in [1.29, 1.82) is 0 Å². The van der Waals surface area contributed by atoms with Crippen molar-refractivity contribution >= 4 is 0 Å². The fourth-order valence-electron chi connectivity index (χ4n) is 2.44. The summed E-state index contributed by atoms with van der Waals surface area (Å²) >= 11 is 0. The first kappa shape index (κ1) is 13.5. The minimum Gasteiger partial charge on any atom is -0.388 e. The van der Waals surface area contributed by atoms with Crippen LogP contribution in [0.3, 0.4) is 0 Å². The highest BCUT2D eigenvalue weighted by atomic mass is 16.5. The lowest BCUT2D eigenvalue weighted by Crippen LogP contribution is -2.08. The monoisotopic (exact) mass is 250 g/mol. The van der Waals surface area contributed by atoms with Gasteiger partial charge >= 0.3 is 0 Å². The van der Waals surface area contributed by atoms with E-state index >= 15 is 0 Å². The molecule has 2 rings (SSSR count). The Bertz CT molecular complexity index is 359. The molecule has 0 aliphatic carbocycles. The van der Waals surface area contributed by atoms with Crippen molar-refractivity contribution in [3.8, 4) is 0 Å². The highest BCUT2D eigenvalue weighted by Crippen LogP contribution is 2.24. The second-order valence-electron chi connectivity index (χ2n) is 4.91. The number of rotatable bonds is 6. The highest BCUT2D eigenvalue weighted by Gasteiger charge is 2.17. The number of hydrogen-bond acceptors (Lipinski definition) is 3. The Kier molecular flexibility index (Phi) is 5.17. The van der Waals surface area contributed by atoms with E-state index in [1.807, 2.05) is 24.3 Å². The minimum absolute atomic E-state index is 0.349. The quantitative estimate of drug-likeness (QED) is 0.843. The average molecular weight is 250 g/mol. The van der Waals surface area contributed by atoms with Crippen LogP contribution in [0.1, 0.15) is 42.9 Å². The third-order valence-electron chi connectivity index (χ3n) is 3.43. The van der Waals surface area contributed by atoms with Crippen LogP contribution in [0, 0.1) is 0 Å². The van der Waals surface area contributed by atoms with Crippen LogP contribution >= 0.6 is 0 Å². The molecule has 18 heavy (non-hydrogen) atoms. The molecule has 0 bridgehead atoms. The predicted molar refractivity (Wildman–Crippen MR) is 70.3 cm³/mol. The van der Waals surface area contributed by atoms with Gasteiger partial charge in [-0.1, -0.05) is 24.3 Å². The SMILES string of the molecule is COCc1cccc(C(O)CCC2CCCO2)c1. The lowest BCUT2D eigenvalue weighted by molar-refractivity contribution is 0.0811. The number of ether oxygens (including phenoxy) is 2. The van der Waals surface area contributed by atoms with Crippen LogP contribution < -0.4 is 0 Å². The molecule has 2 unspecified atom stereocenters. The fraction of sp³-hybridized carbons (Fsp3) is 0.600. The Morgan fingerprint density at radius 1 is 1.50 bits per heavy atom. The molecule has 100 valence electrons. The molecule has 0 aromatic heterocycles. The molecule has 0 amide bonds. The van der Waals surface area contributed by atoms with E-state index in [9.17, 15) is 5.11 Å². The maximum absolute atomic E-state index is 10.2. The molecule has 3 heteroatoms. The van der Waals surface area contributed by atoms with Crippen LogP contribution in [0.4, 0.5) is 0 Å². The summed E-state index contributed by atoms with van der Waals surface area (Å²) in [5.74, 6) is 0. The number of benzene rings is 1. The zero-order chi connectivity index (χ0) is 12.8. The largest absolute Gasteiger partial charge is 0.388 e. The molecule has 1 aliphatic heterocycles. The van der Waals surface area contributed by atoms with Gasteiger partial charge in [0.15, 0.2) is 0 Å². The molecule has 0 radical (unpaired) electrons. The van der Waals surface area contributed by atoms with E-state index in [0.29, 0.717) is 12.7 Å². The van der Waals surface area contributed by atoms with Gasteiger partial charge in [-0.15, -0.1) is 0 Å². The van der Waals surface area contributed by atoms with E-state index in [0.717, 1.165) is 43.4 Å². The molecule has 2 atom stereocenters. The first-order valence-corrected chi connectivity index (χ1v) is 6.67. The summed E-state index contributed by atoms with van der Waals surface area (Å²) in [6, 6.07) is 7.97. The molecule has 0 saturated carbocycles. The summed E-state index contributed by atoms with van der Waals surface area (Å²) in [5, 5.41) is 10.2. The third kappa shape index (κ3) is 3.80. The first-order chi connectivity index (χ1) is 8.79. The number of aliphatic hydroxyl groups excluding tert-OH is 1. The van der Waals surface area contributed by atoms with Gasteiger partial charge in [0.05, 0.1) is 18.8 Å². The van der Waals surface area contributed by atoms with E-state index in [1.54, 1.807) is 7.11 Å². The summed E-state index contributed by atoms with van der Waals surface area (Å²) < 4.78 is 10.7. The predicted octanol–water partition coefficient (Wildman–Crippen LogP) is 2.83. The van der Waals surface area contributed by atoms with Crippen molar-refractivity contribution < 1.29 is 14.6 Å². The molecule has 1 heterocycles. The number of aliphatic hydroxyl groups is 1. The summed E-state index contributed by atoms with van der Waals surface area (Å²) in [7, 11) is 1.68. The van der Waals surface area contributed by atoms with Crippen molar-refractivity contribution in [3.63, 3.8) is 0 Å². The van der Waals surface area contributed by atoms with Gasteiger partial charge in [-0.25, -0.2) is 0 Å². The Hall–Kier alpha value is -0.900. The van der Waals surface area contributed by atoms with E-state index in [4.69, 9.17) is 9.47 Å². The highest BCUT2D eigenvalue weighted by molar-refractivity contribution is 5.24. The minimum atomic E-state index is -0.397. The molecule has 3 nitrogen and oxygen atoms in total. The Morgan fingerprint density at radius 2 is 2.39 bits per heavy atom. The summed E-state index contributed by atoms with van der Waals surface area (Å²) in [4.78, 5) is 0. The van der Waals surface area contributed by atoms with Gasteiger partial charge in [0.2, 0.25) is 0 Å². The molecular weight excluding hydrogens is 228 g/mol. The van der Waals surface area contributed by atoms with Crippen molar-refractivity contribution in [2.45, 2.75) is 44.5 Å². The van der Waals surface area contributed by atoms with Crippen LogP contribution in [-0.2, 0) is 16.1 Å². The number of methoxy groups -OCH3 is 1. The van der Waals surface area contributed by atoms with E-state index in [1.165, 1.54) is 0 Å². The Labute approximate surface area is 109 Å². The van der Waals surface area contributed by atoms with E-state index in [2.05, 4.69) is 0 Å². The topological polar surface area (TPSA) is 38.7 Å². The molecule has 1 saturated heterocycles. The van der Waals surface area contributed by atoms with Crippen LogP contribution in [0.25, 0.3) is 0 Å². The lowest BCUT2D eigenvalue weighted by atomic mass is 10.0. The van der Waals surface area contributed by atoms with Gasteiger partial charge < -0.3 is 14.6 Å². The molecule has 1 aromatic carbocycles. The Morgan fingerprint density at radius 3 is 3.11 bits per heavy atom. The van der Waals surface area contributed by atoms with Gasteiger partial charge in [0.1, 0.15) is 0 Å². The second-order valence-corrected chi connectivity index (χ2v) is 4.91. The average Bonchev–Trinajstić information content (AvgIpc) is 2.90. The Balaban J connectivity index is 1.86. The maximum atomic E-state index is 10.2. The summed E-state index contributed by atoms with van der Waals surface area (Å²) in [6.07, 6.45) is 3.95. The molecular formula is C15H22O3. The van der Waals surface area contributed by atoms with E-state index < -0.39 is 6.10 Å². The molecule has 1 N–H and O–H groups in total. The smallest absolute Gasteiger partial charge is 0.0791 e. The van der Waals surface area contributed by atoms with Crippen molar-refractivity contribution in [1.82, 2.24) is 0 Å². The van der Waals surface area contributed by atoms with Gasteiger partial charge in [-0.05, 0) is 36.8 Å². The molecule has 1 fully saturated rings. The van der Waals surface area contributed by atoms with Crippen LogP contribution in [0.15, 0.2) is 24.3 Å². The summed E-state index contributed by atoms with van der Waals surface area (Å²) in [6.45, 7) is 1.47. The van der Waals surface area contributed by atoms with Crippen molar-refractivity contribution in [2.75, 3.05) is 13.7 Å². The van der Waals surface area contributed by atoms with Gasteiger partial charge in [0, 0.05) is 13.7 Å². The lowest BCUT2D eigenvalue weighted by Gasteiger charge is -2.15. The van der Waals surface area contributed by atoms with Crippen molar-refractivity contribution in [2.24, 2.45) is 0 Å². The van der Waals surface area contributed by atoms with Crippen molar-refractivity contribution in [3.05, 3.63) is 35.4 Å². The van der Waals surface area contributed by atoms with Crippen LogP contribution in [0.5, 0.6) is 0 Å². The normalized spacial score (nSPS) is 21.1. The van der Waals surface area contributed by atoms with Crippen LogP contribution in [0.2, 0.25) is 0 Å². The first-order valence-electron chi connectivity index (χ1n) is 6.67. The van der Waals surface area contributed by atoms with E-state index in [-0.39, 0.29) is 0 Å². The second kappa shape index (κ2) is 6.88. The fourth-order valence-corrected chi connectivity index (χ4v) is 2.44. The molecule has 0 spiro atoms. The third-order valence-corrected chi connectivity index (χ3v) is 3.43. The summed E-state index contributed by atoms with van der Waals surface area (Å²) in [5.41, 5.74) is 2.08. The number of hydrogen-bond donors (Lipinski definition) is 1. The zero-order valence-corrected chi connectivity index (χ0v) is 11.0. The van der Waals surface area contributed by atoms with Gasteiger partial charge in [-0.3, -0.25) is 0 Å². The van der Waals surface area contributed by atoms with Gasteiger partial charge in [-0.2, -0.15) is 0 Å². The zero-order valence-electron chi connectivity index (χ0n) is 11.0. The van der Waals surface area contributed by atoms with Crippen LogP contribution in [-0.4, -0.2) is 24.9 Å².